The monoisotopic (exact) mass is 251 g/mol. The summed E-state index contributed by atoms with van der Waals surface area (Å²) in [6.45, 7) is 5.70. The van der Waals surface area contributed by atoms with Crippen LogP contribution >= 0.6 is 0 Å². The van der Waals surface area contributed by atoms with Gasteiger partial charge in [-0.15, -0.1) is 0 Å². The van der Waals surface area contributed by atoms with E-state index in [0.717, 1.165) is 25.1 Å². The predicted molar refractivity (Wildman–Crippen MR) is 67.8 cm³/mol. The topological polar surface area (TPSA) is 58.4 Å². The molecular weight excluding hydrogens is 230 g/mol. The second-order valence-electron chi connectivity index (χ2n) is 5.70. The third-order valence-electron chi connectivity index (χ3n) is 3.61. The minimum atomic E-state index is -0.106. The fourth-order valence-electron chi connectivity index (χ4n) is 2.40. The number of nitrogens with zero attached hydrogens (tertiary/aromatic N) is 2. The zero-order valence-corrected chi connectivity index (χ0v) is 11.3. The van der Waals surface area contributed by atoms with Gasteiger partial charge < -0.3 is 14.7 Å². The zero-order valence-electron chi connectivity index (χ0n) is 11.3. The van der Waals surface area contributed by atoms with E-state index in [1.165, 1.54) is 0 Å². The van der Waals surface area contributed by atoms with Crippen LogP contribution in [0.5, 0.6) is 0 Å². The molecule has 5 heteroatoms. The summed E-state index contributed by atoms with van der Waals surface area (Å²) in [7, 11) is 1.84. The number of aromatic nitrogens is 1. The fourth-order valence-corrected chi connectivity index (χ4v) is 2.40. The molecule has 0 saturated carbocycles. The molecule has 1 aliphatic rings. The van der Waals surface area contributed by atoms with Gasteiger partial charge in [0.1, 0.15) is 0 Å². The molecule has 0 spiro atoms. The van der Waals surface area contributed by atoms with Crippen LogP contribution in [0.2, 0.25) is 0 Å². The highest BCUT2D eigenvalue weighted by Crippen LogP contribution is 2.31. The molecule has 0 bridgehead atoms. The number of likely N-dealkylation sites (N-methyl/N-ethyl adjacent to an activating group) is 1. The second-order valence-corrected chi connectivity index (χ2v) is 5.70. The summed E-state index contributed by atoms with van der Waals surface area (Å²) < 4.78 is 5.08. The summed E-state index contributed by atoms with van der Waals surface area (Å²) in [6.07, 6.45) is 3.48. The van der Waals surface area contributed by atoms with Crippen LogP contribution in [0.4, 0.5) is 0 Å². The lowest BCUT2D eigenvalue weighted by atomic mass is 9.83. The van der Waals surface area contributed by atoms with Gasteiger partial charge in [-0.25, -0.2) is 0 Å². The van der Waals surface area contributed by atoms with Crippen molar-refractivity contribution in [2.24, 2.45) is 5.41 Å². The van der Waals surface area contributed by atoms with E-state index in [1.54, 1.807) is 12.3 Å². The zero-order chi connectivity index (χ0) is 13.2. The lowest BCUT2D eigenvalue weighted by Gasteiger charge is -2.24. The van der Waals surface area contributed by atoms with E-state index in [1.807, 2.05) is 11.9 Å². The van der Waals surface area contributed by atoms with Crippen LogP contribution in [0.25, 0.3) is 0 Å². The van der Waals surface area contributed by atoms with Gasteiger partial charge in [-0.3, -0.25) is 4.79 Å². The van der Waals surface area contributed by atoms with Crippen molar-refractivity contribution in [2.75, 3.05) is 13.6 Å². The normalized spacial score (nSPS) is 24.1. The highest BCUT2D eigenvalue weighted by atomic mass is 16.5. The van der Waals surface area contributed by atoms with E-state index in [0.29, 0.717) is 6.54 Å². The van der Waals surface area contributed by atoms with Crippen molar-refractivity contribution < 1.29 is 9.32 Å². The van der Waals surface area contributed by atoms with Gasteiger partial charge in [-0.05, 0) is 25.3 Å². The summed E-state index contributed by atoms with van der Waals surface area (Å²) in [4.78, 5) is 14.2. The largest absolute Gasteiger partial charge is 0.360 e. The highest BCUT2D eigenvalue weighted by Gasteiger charge is 2.34. The molecule has 0 aromatic carbocycles. The molecule has 1 saturated heterocycles. The van der Waals surface area contributed by atoms with Crippen LogP contribution in [0.15, 0.2) is 16.8 Å². The van der Waals surface area contributed by atoms with Crippen LogP contribution in [-0.2, 0) is 11.3 Å². The summed E-state index contributed by atoms with van der Waals surface area (Å²) in [5.74, 6) is 0.886. The Kier molecular flexibility index (Phi) is 3.71. The molecule has 1 fully saturated rings. The van der Waals surface area contributed by atoms with Gasteiger partial charge in [0, 0.05) is 12.6 Å². The number of amides is 1. The first-order chi connectivity index (χ1) is 8.52. The van der Waals surface area contributed by atoms with E-state index in [2.05, 4.69) is 24.3 Å². The number of hydrogen-bond donors (Lipinski definition) is 1. The van der Waals surface area contributed by atoms with E-state index in [4.69, 9.17) is 4.52 Å². The Labute approximate surface area is 108 Å². The number of likely N-dealkylation sites (tertiary alicyclic amines) is 1. The maximum Gasteiger partial charge on any atom is 0.240 e. The lowest BCUT2D eigenvalue weighted by molar-refractivity contribution is -0.133. The smallest absolute Gasteiger partial charge is 0.240 e. The Bertz CT molecular complexity index is 400. The SMILES string of the molecule is CNC1CC(C)(C)CCN(Cc2ccno2)C1=O. The van der Waals surface area contributed by atoms with Crippen LogP contribution in [0.3, 0.4) is 0 Å². The second kappa shape index (κ2) is 5.10. The number of carbonyl (C=O) groups is 1. The number of rotatable bonds is 3. The average Bonchev–Trinajstić information content (AvgIpc) is 2.79. The van der Waals surface area contributed by atoms with Crippen molar-refractivity contribution in [2.45, 2.75) is 39.3 Å². The lowest BCUT2D eigenvalue weighted by Crippen LogP contribution is -2.44. The molecule has 5 nitrogen and oxygen atoms in total. The Morgan fingerprint density at radius 3 is 3.00 bits per heavy atom. The third-order valence-corrected chi connectivity index (χ3v) is 3.61. The molecule has 2 rings (SSSR count). The van der Waals surface area contributed by atoms with Crippen molar-refractivity contribution in [1.29, 1.82) is 0 Å². The summed E-state index contributed by atoms with van der Waals surface area (Å²) in [5.41, 5.74) is 0.180. The van der Waals surface area contributed by atoms with Crippen molar-refractivity contribution in [3.05, 3.63) is 18.0 Å². The highest BCUT2D eigenvalue weighted by molar-refractivity contribution is 5.82. The van der Waals surface area contributed by atoms with E-state index < -0.39 is 0 Å². The summed E-state index contributed by atoms with van der Waals surface area (Å²) >= 11 is 0. The molecule has 1 aliphatic heterocycles. The Balaban J connectivity index is 2.12. The number of carbonyl (C=O) groups excluding carboxylic acids is 1. The Morgan fingerprint density at radius 2 is 2.39 bits per heavy atom. The van der Waals surface area contributed by atoms with E-state index in [-0.39, 0.29) is 17.4 Å². The quantitative estimate of drug-likeness (QED) is 0.882. The third kappa shape index (κ3) is 2.90. The number of hydrogen-bond acceptors (Lipinski definition) is 4. The molecule has 1 atom stereocenters. The molecular formula is C13H21N3O2. The van der Waals surface area contributed by atoms with E-state index >= 15 is 0 Å². The average molecular weight is 251 g/mol. The first kappa shape index (κ1) is 13.1. The van der Waals surface area contributed by atoms with Crippen LogP contribution in [0, 0.1) is 5.41 Å². The van der Waals surface area contributed by atoms with Crippen LogP contribution in [-0.4, -0.2) is 35.6 Å². The molecule has 1 unspecified atom stereocenters. The van der Waals surface area contributed by atoms with Crippen LogP contribution in [0.1, 0.15) is 32.4 Å². The van der Waals surface area contributed by atoms with Gasteiger partial charge in [0.25, 0.3) is 0 Å². The predicted octanol–water partition coefficient (Wildman–Crippen LogP) is 1.41. The molecule has 18 heavy (non-hydrogen) atoms. The van der Waals surface area contributed by atoms with Crippen molar-refractivity contribution >= 4 is 5.91 Å². The van der Waals surface area contributed by atoms with Gasteiger partial charge in [0.2, 0.25) is 5.91 Å². The van der Waals surface area contributed by atoms with Gasteiger partial charge in [0.05, 0.1) is 18.8 Å². The van der Waals surface area contributed by atoms with Crippen molar-refractivity contribution in [3.8, 4) is 0 Å². The molecule has 2 heterocycles. The molecule has 100 valence electrons. The number of nitrogens with one attached hydrogen (secondary N) is 1. The molecule has 0 aliphatic carbocycles. The maximum atomic E-state index is 12.4. The van der Waals surface area contributed by atoms with E-state index in [9.17, 15) is 4.79 Å². The van der Waals surface area contributed by atoms with Gasteiger partial charge in [-0.1, -0.05) is 19.0 Å². The molecule has 1 aromatic heterocycles. The van der Waals surface area contributed by atoms with Crippen LogP contribution < -0.4 is 5.32 Å². The molecule has 1 N–H and O–H groups in total. The standard InChI is InChI=1S/C13H21N3O2/c1-13(2)5-7-16(9-10-4-6-15-18-10)12(17)11(8-13)14-3/h4,6,11,14H,5,7-9H2,1-3H3. The van der Waals surface area contributed by atoms with Gasteiger partial charge >= 0.3 is 0 Å². The Hall–Kier alpha value is -1.36. The summed E-state index contributed by atoms with van der Waals surface area (Å²) in [6, 6.07) is 1.70. The van der Waals surface area contributed by atoms with Gasteiger partial charge in [0.15, 0.2) is 5.76 Å². The minimum Gasteiger partial charge on any atom is -0.360 e. The molecule has 0 radical (unpaired) electrons. The fraction of sp³-hybridized carbons (Fsp3) is 0.692. The Morgan fingerprint density at radius 1 is 1.61 bits per heavy atom. The minimum absolute atomic E-state index is 0.106. The molecule has 1 aromatic rings. The first-order valence-corrected chi connectivity index (χ1v) is 6.37. The van der Waals surface area contributed by atoms with Gasteiger partial charge in [-0.2, -0.15) is 0 Å². The summed E-state index contributed by atoms with van der Waals surface area (Å²) in [5, 5.41) is 6.80. The molecule has 1 amide bonds. The maximum absolute atomic E-state index is 12.4. The first-order valence-electron chi connectivity index (χ1n) is 6.37. The van der Waals surface area contributed by atoms with Crippen molar-refractivity contribution in [3.63, 3.8) is 0 Å². The van der Waals surface area contributed by atoms with Crippen molar-refractivity contribution in [1.82, 2.24) is 15.4 Å².